The highest BCUT2D eigenvalue weighted by Crippen LogP contribution is 2.19. The van der Waals surface area contributed by atoms with Gasteiger partial charge in [0.05, 0.1) is 12.8 Å². The molecule has 0 fully saturated rings. The Hall–Kier alpha value is -3.81. The van der Waals surface area contributed by atoms with Gasteiger partial charge >= 0.3 is 0 Å². The van der Waals surface area contributed by atoms with E-state index in [-0.39, 0.29) is 17.5 Å². The highest BCUT2D eigenvalue weighted by atomic mass is 16.5. The van der Waals surface area contributed by atoms with Crippen LogP contribution in [-0.4, -0.2) is 35.8 Å². The van der Waals surface area contributed by atoms with E-state index in [1.54, 1.807) is 32.5 Å². The molecule has 29 heavy (non-hydrogen) atoms. The zero-order valence-electron chi connectivity index (χ0n) is 16.4. The number of hydrogen-bond acceptors (Lipinski definition) is 5. The molecular formula is C21H22N4O4. The fourth-order valence-electron chi connectivity index (χ4n) is 2.65. The number of anilines is 1. The molecule has 0 unspecified atom stereocenters. The Morgan fingerprint density at radius 1 is 1.00 bits per heavy atom. The first-order chi connectivity index (χ1) is 14.0. The van der Waals surface area contributed by atoms with E-state index < -0.39 is 0 Å². The maximum absolute atomic E-state index is 12.5. The molecule has 0 aliphatic rings. The monoisotopic (exact) mass is 394 g/mol. The number of carbonyl (C=O) groups excluding carboxylic acids is 2. The van der Waals surface area contributed by atoms with Crippen LogP contribution in [0.4, 0.5) is 5.69 Å². The maximum Gasteiger partial charge on any atom is 0.273 e. The molecular weight excluding hydrogens is 372 g/mol. The SMILES string of the molecule is CNC(=O)c1nn(C)cc1NC(=O)c1ccc(COc2ccc(OC)cc2)cc1. The predicted molar refractivity (Wildman–Crippen MR) is 108 cm³/mol. The van der Waals surface area contributed by atoms with Crippen molar-refractivity contribution in [3.63, 3.8) is 0 Å². The van der Waals surface area contributed by atoms with Crippen molar-refractivity contribution in [1.29, 1.82) is 0 Å². The molecule has 3 rings (SSSR count). The molecule has 1 aromatic heterocycles. The molecule has 2 amide bonds. The summed E-state index contributed by atoms with van der Waals surface area (Å²) in [7, 11) is 4.80. The lowest BCUT2D eigenvalue weighted by Gasteiger charge is -2.08. The van der Waals surface area contributed by atoms with Gasteiger partial charge in [0.15, 0.2) is 5.69 Å². The van der Waals surface area contributed by atoms with Crippen molar-refractivity contribution < 1.29 is 19.1 Å². The Bertz CT molecular complexity index is 995. The summed E-state index contributed by atoms with van der Waals surface area (Å²) in [6.45, 7) is 0.373. The van der Waals surface area contributed by atoms with Crippen molar-refractivity contribution in [2.75, 3.05) is 19.5 Å². The van der Waals surface area contributed by atoms with Gasteiger partial charge in [-0.05, 0) is 42.0 Å². The van der Waals surface area contributed by atoms with Gasteiger partial charge in [0.2, 0.25) is 0 Å². The zero-order valence-corrected chi connectivity index (χ0v) is 16.4. The lowest BCUT2D eigenvalue weighted by molar-refractivity contribution is 0.0958. The predicted octanol–water partition coefficient (Wildman–Crippen LogP) is 2.62. The summed E-state index contributed by atoms with van der Waals surface area (Å²) >= 11 is 0. The fourth-order valence-corrected chi connectivity index (χ4v) is 2.65. The number of amides is 2. The summed E-state index contributed by atoms with van der Waals surface area (Å²) < 4.78 is 12.3. The minimum Gasteiger partial charge on any atom is -0.497 e. The molecule has 8 nitrogen and oxygen atoms in total. The molecule has 150 valence electrons. The van der Waals surface area contributed by atoms with E-state index in [4.69, 9.17) is 9.47 Å². The van der Waals surface area contributed by atoms with Crippen molar-refractivity contribution in [1.82, 2.24) is 15.1 Å². The van der Waals surface area contributed by atoms with E-state index in [1.807, 2.05) is 36.4 Å². The third-order valence-electron chi connectivity index (χ3n) is 4.20. The van der Waals surface area contributed by atoms with E-state index in [0.717, 1.165) is 17.1 Å². The highest BCUT2D eigenvalue weighted by molar-refractivity contribution is 6.08. The number of hydrogen-bond donors (Lipinski definition) is 2. The van der Waals surface area contributed by atoms with E-state index in [2.05, 4.69) is 15.7 Å². The number of rotatable bonds is 7. The van der Waals surface area contributed by atoms with Crippen LogP contribution in [0.15, 0.2) is 54.7 Å². The quantitative estimate of drug-likeness (QED) is 0.642. The number of nitrogens with one attached hydrogen (secondary N) is 2. The Kier molecular flexibility index (Phi) is 6.13. The first-order valence-corrected chi connectivity index (χ1v) is 8.93. The summed E-state index contributed by atoms with van der Waals surface area (Å²) in [5, 5.41) is 9.30. The van der Waals surface area contributed by atoms with Crippen LogP contribution in [-0.2, 0) is 13.7 Å². The Labute approximate surface area is 168 Å². The van der Waals surface area contributed by atoms with Crippen molar-refractivity contribution in [3.05, 3.63) is 71.5 Å². The Morgan fingerprint density at radius 2 is 1.66 bits per heavy atom. The van der Waals surface area contributed by atoms with Gasteiger partial charge < -0.3 is 20.1 Å². The van der Waals surface area contributed by atoms with Crippen LogP contribution in [0, 0.1) is 0 Å². The fraction of sp³-hybridized carbons (Fsp3) is 0.190. The second-order valence-corrected chi connectivity index (χ2v) is 6.26. The van der Waals surface area contributed by atoms with Crippen LogP contribution >= 0.6 is 0 Å². The summed E-state index contributed by atoms with van der Waals surface area (Å²) in [4.78, 5) is 24.4. The first-order valence-electron chi connectivity index (χ1n) is 8.93. The van der Waals surface area contributed by atoms with Crippen molar-refractivity contribution >= 4 is 17.5 Å². The van der Waals surface area contributed by atoms with Gasteiger partial charge in [-0.15, -0.1) is 0 Å². The lowest BCUT2D eigenvalue weighted by Crippen LogP contribution is -2.21. The number of methoxy groups -OCH3 is 1. The molecule has 0 bridgehead atoms. The van der Waals surface area contributed by atoms with Gasteiger partial charge in [0.1, 0.15) is 18.1 Å². The van der Waals surface area contributed by atoms with E-state index in [9.17, 15) is 9.59 Å². The van der Waals surface area contributed by atoms with Crippen LogP contribution in [0.2, 0.25) is 0 Å². The minimum absolute atomic E-state index is 0.160. The van der Waals surface area contributed by atoms with E-state index in [1.165, 1.54) is 11.7 Å². The number of nitrogens with zero attached hydrogens (tertiary/aromatic N) is 2. The van der Waals surface area contributed by atoms with Crippen LogP contribution in [0.5, 0.6) is 11.5 Å². The number of ether oxygens (including phenoxy) is 2. The molecule has 2 aromatic carbocycles. The average molecular weight is 394 g/mol. The summed E-state index contributed by atoms with van der Waals surface area (Å²) in [6.07, 6.45) is 1.58. The number of aromatic nitrogens is 2. The Balaban J connectivity index is 1.62. The molecule has 0 aliphatic carbocycles. The van der Waals surface area contributed by atoms with Crippen molar-refractivity contribution in [3.8, 4) is 11.5 Å². The molecule has 0 saturated heterocycles. The topological polar surface area (TPSA) is 94.5 Å². The molecule has 0 aliphatic heterocycles. The second kappa shape index (κ2) is 8.92. The third-order valence-corrected chi connectivity index (χ3v) is 4.20. The molecule has 8 heteroatoms. The zero-order chi connectivity index (χ0) is 20.8. The molecule has 0 saturated carbocycles. The van der Waals surface area contributed by atoms with Gasteiger partial charge in [0, 0.05) is 25.9 Å². The van der Waals surface area contributed by atoms with Gasteiger partial charge in [-0.2, -0.15) is 5.10 Å². The molecule has 3 aromatic rings. The van der Waals surface area contributed by atoms with E-state index >= 15 is 0 Å². The molecule has 0 atom stereocenters. The third kappa shape index (κ3) is 4.92. The number of aryl methyl sites for hydroxylation is 1. The van der Waals surface area contributed by atoms with Crippen molar-refractivity contribution in [2.24, 2.45) is 7.05 Å². The Morgan fingerprint density at radius 3 is 2.28 bits per heavy atom. The van der Waals surface area contributed by atoms with Crippen LogP contribution in [0.1, 0.15) is 26.4 Å². The summed E-state index contributed by atoms with van der Waals surface area (Å²) in [6, 6.07) is 14.4. The normalized spacial score (nSPS) is 10.3. The van der Waals surface area contributed by atoms with Gasteiger partial charge in [-0.25, -0.2) is 0 Å². The van der Waals surface area contributed by atoms with Crippen LogP contribution < -0.4 is 20.1 Å². The maximum atomic E-state index is 12.5. The van der Waals surface area contributed by atoms with E-state index in [0.29, 0.717) is 17.9 Å². The average Bonchev–Trinajstić information content (AvgIpc) is 3.12. The highest BCUT2D eigenvalue weighted by Gasteiger charge is 2.17. The number of benzene rings is 2. The lowest BCUT2D eigenvalue weighted by atomic mass is 10.1. The van der Waals surface area contributed by atoms with Gasteiger partial charge in [0.25, 0.3) is 11.8 Å². The van der Waals surface area contributed by atoms with Crippen LogP contribution in [0.3, 0.4) is 0 Å². The van der Waals surface area contributed by atoms with Crippen LogP contribution in [0.25, 0.3) is 0 Å². The van der Waals surface area contributed by atoms with Gasteiger partial charge in [-0.3, -0.25) is 14.3 Å². The molecule has 1 heterocycles. The largest absolute Gasteiger partial charge is 0.497 e. The molecule has 0 radical (unpaired) electrons. The molecule has 2 N–H and O–H groups in total. The minimum atomic E-state index is -0.369. The van der Waals surface area contributed by atoms with Gasteiger partial charge in [-0.1, -0.05) is 12.1 Å². The summed E-state index contributed by atoms with van der Waals surface area (Å²) in [5.41, 5.74) is 1.89. The first kappa shape index (κ1) is 19.9. The smallest absolute Gasteiger partial charge is 0.273 e. The van der Waals surface area contributed by atoms with Crippen molar-refractivity contribution in [2.45, 2.75) is 6.61 Å². The standard InChI is InChI=1S/C21H22N4O4/c1-22-21(27)19-18(12-25(2)24-19)23-20(26)15-6-4-14(5-7-15)13-29-17-10-8-16(28-3)9-11-17/h4-12H,13H2,1-3H3,(H,22,27)(H,23,26). The number of carbonyl (C=O) groups is 2. The molecule has 0 spiro atoms. The summed E-state index contributed by atoms with van der Waals surface area (Å²) in [5.74, 6) is 0.796. The second-order valence-electron chi connectivity index (χ2n) is 6.26.